The fourth-order valence-electron chi connectivity index (χ4n) is 6.21. The maximum absolute atomic E-state index is 11.6. The Kier molecular flexibility index (Phi) is 4.98. The molecule has 2 aromatic heterocycles. The number of benzene rings is 3. The number of ether oxygens (including phenoxy) is 2. The first-order valence-corrected chi connectivity index (χ1v) is 12.8. The first-order valence-electron chi connectivity index (χ1n) is 12.4. The van der Waals surface area contributed by atoms with E-state index in [1.54, 1.807) is 37.3 Å². The average Bonchev–Trinajstić information content (AvgIpc) is 3.60. The van der Waals surface area contributed by atoms with E-state index >= 15 is 0 Å². The zero-order valence-electron chi connectivity index (χ0n) is 20.7. The van der Waals surface area contributed by atoms with Crippen LogP contribution in [-0.4, -0.2) is 37.8 Å². The Balaban J connectivity index is 1.30. The Bertz CT molecular complexity index is 1860. The van der Waals surface area contributed by atoms with Gasteiger partial charge in [-0.2, -0.15) is 0 Å². The van der Waals surface area contributed by atoms with Crippen molar-refractivity contribution >= 4 is 39.0 Å². The number of aliphatic hydroxyl groups excluding tert-OH is 1. The van der Waals surface area contributed by atoms with Crippen LogP contribution in [0.25, 0.3) is 32.3 Å². The smallest absolute Gasteiger partial charge is 0.262 e. The zero-order chi connectivity index (χ0) is 27.1. The molecule has 10 heteroatoms. The van der Waals surface area contributed by atoms with Gasteiger partial charge in [-0.15, -0.1) is 0 Å². The first-order chi connectivity index (χ1) is 18.8. The number of nitrogens with zero attached hydrogens (tertiary/aromatic N) is 3. The molecule has 1 saturated heterocycles. The van der Waals surface area contributed by atoms with Crippen molar-refractivity contribution in [2.75, 3.05) is 6.61 Å². The molecule has 0 aliphatic carbocycles. The molecule has 9 nitrogen and oxygen atoms in total. The zero-order valence-corrected chi connectivity index (χ0v) is 21.4. The van der Waals surface area contributed by atoms with Gasteiger partial charge in [0.05, 0.1) is 41.5 Å². The van der Waals surface area contributed by atoms with Gasteiger partial charge in [0.1, 0.15) is 11.2 Å². The van der Waals surface area contributed by atoms with Crippen molar-refractivity contribution in [3.05, 3.63) is 82.2 Å². The van der Waals surface area contributed by atoms with Crippen molar-refractivity contribution in [3.63, 3.8) is 0 Å². The molecule has 0 amide bonds. The van der Waals surface area contributed by atoms with Crippen molar-refractivity contribution in [2.45, 2.75) is 37.1 Å². The Morgan fingerprint density at radius 3 is 2.67 bits per heavy atom. The van der Waals surface area contributed by atoms with Gasteiger partial charge in [0.25, 0.3) is 5.88 Å². The highest BCUT2D eigenvalue weighted by atomic mass is 35.5. The van der Waals surface area contributed by atoms with Gasteiger partial charge in [0, 0.05) is 17.9 Å². The van der Waals surface area contributed by atoms with Gasteiger partial charge >= 0.3 is 0 Å². The lowest BCUT2D eigenvalue weighted by Crippen LogP contribution is -2.33. The molecular formula is C29H22ClN3O6. The van der Waals surface area contributed by atoms with Crippen molar-refractivity contribution in [3.8, 4) is 23.3 Å². The van der Waals surface area contributed by atoms with Crippen LogP contribution in [0, 0.1) is 6.57 Å². The van der Waals surface area contributed by atoms with Gasteiger partial charge in [0.15, 0.2) is 11.3 Å². The van der Waals surface area contributed by atoms with E-state index in [4.69, 9.17) is 32.2 Å². The number of hydrogen-bond donors (Lipinski definition) is 3. The Morgan fingerprint density at radius 2 is 1.87 bits per heavy atom. The molecular weight excluding hydrogens is 522 g/mol. The molecule has 2 unspecified atom stereocenters. The number of hydrogen-bond acceptors (Lipinski definition) is 7. The number of aromatic hydroxyl groups is 2. The minimum Gasteiger partial charge on any atom is -0.494 e. The molecule has 39 heavy (non-hydrogen) atoms. The lowest BCUT2D eigenvalue weighted by molar-refractivity contribution is -0.107. The van der Waals surface area contributed by atoms with Crippen molar-refractivity contribution < 1.29 is 29.3 Å². The van der Waals surface area contributed by atoms with E-state index in [-0.39, 0.29) is 37.1 Å². The van der Waals surface area contributed by atoms with Crippen LogP contribution in [0.1, 0.15) is 30.9 Å². The Labute approximate surface area is 227 Å². The second kappa shape index (κ2) is 8.13. The van der Waals surface area contributed by atoms with Crippen molar-refractivity contribution in [1.29, 1.82) is 0 Å². The maximum atomic E-state index is 11.6. The highest BCUT2D eigenvalue weighted by Crippen LogP contribution is 2.65. The lowest BCUT2D eigenvalue weighted by Gasteiger charge is -2.26. The van der Waals surface area contributed by atoms with E-state index in [1.807, 2.05) is 24.3 Å². The molecule has 4 heterocycles. The van der Waals surface area contributed by atoms with Crippen LogP contribution in [0.3, 0.4) is 0 Å². The van der Waals surface area contributed by atoms with E-state index in [9.17, 15) is 15.3 Å². The third-order valence-electron chi connectivity index (χ3n) is 8.02. The molecule has 0 radical (unpaired) electrons. The molecule has 1 fully saturated rings. The average molecular weight is 544 g/mol. The summed E-state index contributed by atoms with van der Waals surface area (Å²) < 4.78 is 19.0. The predicted octanol–water partition coefficient (Wildman–Crippen LogP) is 6.06. The third-order valence-corrected chi connectivity index (χ3v) is 8.26. The molecule has 196 valence electrons. The maximum Gasteiger partial charge on any atom is 0.262 e. The standard InChI is InChI=1S/C29H22ClN3O6/c1-28-22(34)14-29(39-28,11-12-37-25-18-13-15(30)7-10-21(18)38-32-25)24-23(28)26(35)33(27(24)36)20-9-8-19(31-2)16-5-3-4-6-17(16)20/h3-10,13,22,34-36H,11-12,14H2,1H3/t22-,28?,29?/m1/s1. The lowest BCUT2D eigenvalue weighted by atomic mass is 9.76. The summed E-state index contributed by atoms with van der Waals surface area (Å²) in [6.07, 6.45) is -0.450. The van der Waals surface area contributed by atoms with E-state index in [1.165, 1.54) is 4.57 Å². The molecule has 0 spiro atoms. The Hall–Kier alpha value is -4.23. The molecule has 2 aliphatic rings. The van der Waals surface area contributed by atoms with E-state index < -0.39 is 17.3 Å². The largest absolute Gasteiger partial charge is 0.494 e. The molecule has 3 atom stereocenters. The minimum absolute atomic E-state index is 0.129. The van der Waals surface area contributed by atoms with Gasteiger partial charge in [-0.3, -0.25) is 4.57 Å². The van der Waals surface area contributed by atoms with Crippen LogP contribution in [0.5, 0.6) is 17.6 Å². The third kappa shape index (κ3) is 3.17. The SMILES string of the molecule is [C-]#[N+]c1ccc(-n2c(O)c3c(c2O)C2(C)OC3(CCOc3noc4ccc(Cl)cc34)C[C@H]2O)c2ccccc12. The summed E-state index contributed by atoms with van der Waals surface area (Å²) in [4.78, 5) is 3.60. The minimum atomic E-state index is -1.23. The monoisotopic (exact) mass is 543 g/mol. The summed E-state index contributed by atoms with van der Waals surface area (Å²) in [7, 11) is 0. The van der Waals surface area contributed by atoms with Gasteiger partial charge in [-0.1, -0.05) is 41.9 Å². The second-order valence-electron chi connectivity index (χ2n) is 10.1. The summed E-state index contributed by atoms with van der Waals surface area (Å²) in [6, 6.07) is 15.8. The molecule has 5 aromatic rings. The van der Waals surface area contributed by atoms with Crippen molar-refractivity contribution in [2.24, 2.45) is 0 Å². The number of rotatable bonds is 5. The molecule has 3 N–H and O–H groups in total. The van der Waals surface area contributed by atoms with Gasteiger partial charge in [0.2, 0.25) is 11.8 Å². The van der Waals surface area contributed by atoms with Crippen LogP contribution >= 0.6 is 11.6 Å². The number of aliphatic hydroxyl groups is 1. The van der Waals surface area contributed by atoms with E-state index in [2.05, 4.69) is 10.0 Å². The molecule has 7 rings (SSSR count). The summed E-state index contributed by atoms with van der Waals surface area (Å²) in [6.45, 7) is 9.36. The summed E-state index contributed by atoms with van der Waals surface area (Å²) in [5, 5.41) is 40.7. The van der Waals surface area contributed by atoms with Gasteiger partial charge in [-0.25, -0.2) is 4.85 Å². The summed E-state index contributed by atoms with van der Waals surface area (Å²) >= 11 is 6.12. The van der Waals surface area contributed by atoms with Crippen LogP contribution in [0.4, 0.5) is 5.69 Å². The highest BCUT2D eigenvalue weighted by molar-refractivity contribution is 6.31. The van der Waals surface area contributed by atoms with Gasteiger partial charge < -0.3 is 29.3 Å². The van der Waals surface area contributed by atoms with Crippen LogP contribution < -0.4 is 4.74 Å². The second-order valence-corrected chi connectivity index (χ2v) is 10.6. The van der Waals surface area contributed by atoms with Crippen LogP contribution in [0.2, 0.25) is 5.02 Å². The number of fused-ring (bicyclic) bond motifs is 7. The highest BCUT2D eigenvalue weighted by Gasteiger charge is 2.66. The van der Waals surface area contributed by atoms with Crippen LogP contribution in [0.15, 0.2) is 59.1 Å². The molecule has 2 bridgehead atoms. The Morgan fingerprint density at radius 1 is 1.10 bits per heavy atom. The summed E-state index contributed by atoms with van der Waals surface area (Å²) in [5.41, 5.74) is -0.0701. The number of aromatic nitrogens is 2. The molecule has 0 saturated carbocycles. The van der Waals surface area contributed by atoms with E-state index in [0.29, 0.717) is 49.3 Å². The molecule has 2 aliphatic heterocycles. The topological polar surface area (TPSA) is 114 Å². The number of halogens is 1. The quantitative estimate of drug-likeness (QED) is 0.231. The fraction of sp³-hybridized carbons (Fsp3) is 0.241. The van der Waals surface area contributed by atoms with Crippen molar-refractivity contribution in [1.82, 2.24) is 9.72 Å². The van der Waals surface area contributed by atoms with Crippen LogP contribution in [-0.2, 0) is 15.9 Å². The molecule has 3 aromatic carbocycles. The predicted molar refractivity (Wildman–Crippen MR) is 143 cm³/mol. The van der Waals surface area contributed by atoms with Gasteiger partial charge in [-0.05, 0) is 47.1 Å². The summed E-state index contributed by atoms with van der Waals surface area (Å²) in [5.74, 6) is -0.124. The first kappa shape index (κ1) is 23.9. The fourth-order valence-corrected chi connectivity index (χ4v) is 6.39. The van der Waals surface area contributed by atoms with E-state index in [0.717, 1.165) is 0 Å². The normalized spacial score (nSPS) is 23.4.